The zero-order chi connectivity index (χ0) is 24.1. The molecule has 0 N–H and O–H groups in total. The molecule has 0 fully saturated rings. The number of methoxy groups -OCH3 is 1. The SMILES string of the molecule is C=CCOc1cc(COC2(c3ccc(C)cc3)c3ccccc3C(=O)N2CCC)ccc1OC. The van der Waals surface area contributed by atoms with Crippen LogP contribution in [0.5, 0.6) is 11.5 Å². The van der Waals surface area contributed by atoms with Crippen LogP contribution in [0.15, 0.2) is 79.4 Å². The molecule has 0 spiro atoms. The number of rotatable bonds is 10. The van der Waals surface area contributed by atoms with Gasteiger partial charge in [-0.25, -0.2) is 0 Å². The average Bonchev–Trinajstić information content (AvgIpc) is 3.10. The number of aryl methyl sites for hydroxylation is 1. The van der Waals surface area contributed by atoms with Gasteiger partial charge < -0.3 is 19.1 Å². The van der Waals surface area contributed by atoms with E-state index in [9.17, 15) is 4.79 Å². The van der Waals surface area contributed by atoms with E-state index in [-0.39, 0.29) is 12.5 Å². The molecule has 176 valence electrons. The predicted octanol–water partition coefficient (Wildman–Crippen LogP) is 5.85. The summed E-state index contributed by atoms with van der Waals surface area (Å²) in [4.78, 5) is 15.4. The molecule has 1 amide bonds. The molecule has 0 saturated carbocycles. The van der Waals surface area contributed by atoms with Gasteiger partial charge in [0.2, 0.25) is 0 Å². The largest absolute Gasteiger partial charge is 0.493 e. The number of ether oxygens (including phenoxy) is 3. The van der Waals surface area contributed by atoms with E-state index in [1.807, 2.05) is 47.4 Å². The Morgan fingerprint density at radius 1 is 1.03 bits per heavy atom. The number of amides is 1. The van der Waals surface area contributed by atoms with Crippen LogP contribution in [0.1, 0.15) is 46.0 Å². The van der Waals surface area contributed by atoms with Crippen molar-refractivity contribution in [2.45, 2.75) is 32.6 Å². The Morgan fingerprint density at radius 2 is 1.79 bits per heavy atom. The highest BCUT2D eigenvalue weighted by Gasteiger charge is 2.51. The lowest BCUT2D eigenvalue weighted by Crippen LogP contribution is -2.47. The number of hydrogen-bond acceptors (Lipinski definition) is 4. The fourth-order valence-corrected chi connectivity index (χ4v) is 4.47. The third kappa shape index (κ3) is 4.19. The first-order chi connectivity index (χ1) is 16.5. The molecule has 34 heavy (non-hydrogen) atoms. The standard InChI is InChI=1S/C29H31NO4/c1-5-17-30-28(31)24-9-7-8-10-25(24)29(30,23-14-11-21(3)12-15-23)34-20-22-13-16-26(32-4)27(19-22)33-18-6-2/h6-16,19H,2,5,17-18,20H2,1,3-4H3. The van der Waals surface area contributed by atoms with Crippen molar-refractivity contribution in [3.63, 3.8) is 0 Å². The Balaban J connectivity index is 1.79. The van der Waals surface area contributed by atoms with Crippen LogP contribution < -0.4 is 9.47 Å². The van der Waals surface area contributed by atoms with E-state index in [0.717, 1.165) is 28.7 Å². The van der Waals surface area contributed by atoms with Crippen LogP contribution in [0.3, 0.4) is 0 Å². The van der Waals surface area contributed by atoms with Crippen LogP contribution in [0, 0.1) is 6.92 Å². The van der Waals surface area contributed by atoms with Gasteiger partial charge >= 0.3 is 0 Å². The minimum atomic E-state index is -1.01. The number of carbonyl (C=O) groups excluding carboxylic acids is 1. The minimum Gasteiger partial charge on any atom is -0.493 e. The van der Waals surface area contributed by atoms with Gasteiger partial charge in [-0.2, -0.15) is 0 Å². The van der Waals surface area contributed by atoms with E-state index >= 15 is 0 Å². The van der Waals surface area contributed by atoms with Gasteiger partial charge in [0, 0.05) is 23.2 Å². The van der Waals surface area contributed by atoms with E-state index in [0.29, 0.717) is 30.2 Å². The zero-order valence-electron chi connectivity index (χ0n) is 20.0. The van der Waals surface area contributed by atoms with Crippen LogP contribution >= 0.6 is 0 Å². The van der Waals surface area contributed by atoms with E-state index in [1.54, 1.807) is 13.2 Å². The third-order valence-corrected chi connectivity index (χ3v) is 6.07. The molecule has 1 atom stereocenters. The van der Waals surface area contributed by atoms with Crippen molar-refractivity contribution in [3.8, 4) is 11.5 Å². The van der Waals surface area contributed by atoms with Crippen molar-refractivity contribution in [1.82, 2.24) is 4.90 Å². The molecule has 0 aromatic heterocycles. The first kappa shape index (κ1) is 23.6. The smallest absolute Gasteiger partial charge is 0.257 e. The molecule has 4 rings (SSSR count). The molecule has 0 radical (unpaired) electrons. The highest BCUT2D eigenvalue weighted by molar-refractivity contribution is 6.00. The Kier molecular flexibility index (Phi) is 7.03. The lowest BCUT2D eigenvalue weighted by atomic mass is 9.92. The van der Waals surface area contributed by atoms with E-state index in [2.05, 4.69) is 44.7 Å². The van der Waals surface area contributed by atoms with Gasteiger partial charge in [-0.05, 0) is 37.1 Å². The van der Waals surface area contributed by atoms with Crippen molar-refractivity contribution in [2.75, 3.05) is 20.3 Å². The average molecular weight is 458 g/mol. The lowest BCUT2D eigenvalue weighted by Gasteiger charge is -2.39. The fourth-order valence-electron chi connectivity index (χ4n) is 4.47. The van der Waals surface area contributed by atoms with Crippen molar-refractivity contribution in [2.24, 2.45) is 0 Å². The molecule has 3 aromatic carbocycles. The summed E-state index contributed by atoms with van der Waals surface area (Å²) >= 11 is 0. The fraction of sp³-hybridized carbons (Fsp3) is 0.276. The third-order valence-electron chi connectivity index (χ3n) is 6.07. The summed E-state index contributed by atoms with van der Waals surface area (Å²) in [6.45, 7) is 9.08. The van der Waals surface area contributed by atoms with Crippen molar-refractivity contribution in [3.05, 3.63) is 107 Å². The molecule has 1 aliphatic heterocycles. The Bertz CT molecular complexity index is 1170. The Hall–Kier alpha value is -3.57. The summed E-state index contributed by atoms with van der Waals surface area (Å²) in [6, 6.07) is 21.7. The van der Waals surface area contributed by atoms with Crippen LogP contribution in [0.4, 0.5) is 0 Å². The van der Waals surface area contributed by atoms with Crippen LogP contribution in [0.25, 0.3) is 0 Å². The second-order valence-electron chi connectivity index (χ2n) is 8.39. The number of carbonyl (C=O) groups is 1. The second kappa shape index (κ2) is 10.1. The van der Waals surface area contributed by atoms with Gasteiger partial charge in [0.1, 0.15) is 6.61 Å². The monoisotopic (exact) mass is 457 g/mol. The number of hydrogen-bond donors (Lipinski definition) is 0. The number of benzene rings is 3. The summed E-state index contributed by atoms with van der Waals surface area (Å²) in [6.07, 6.45) is 2.51. The highest BCUT2D eigenvalue weighted by Crippen LogP contribution is 2.46. The summed E-state index contributed by atoms with van der Waals surface area (Å²) in [7, 11) is 1.61. The van der Waals surface area contributed by atoms with Crippen molar-refractivity contribution >= 4 is 5.91 Å². The summed E-state index contributed by atoms with van der Waals surface area (Å²) in [5.74, 6) is 1.26. The first-order valence-corrected chi connectivity index (χ1v) is 11.6. The van der Waals surface area contributed by atoms with Crippen molar-refractivity contribution in [1.29, 1.82) is 0 Å². The van der Waals surface area contributed by atoms with Gasteiger partial charge in [0.15, 0.2) is 17.2 Å². The zero-order valence-corrected chi connectivity index (χ0v) is 20.0. The van der Waals surface area contributed by atoms with E-state index in [1.165, 1.54) is 0 Å². The molecular formula is C29H31NO4. The van der Waals surface area contributed by atoms with Gasteiger partial charge in [-0.3, -0.25) is 4.79 Å². The minimum absolute atomic E-state index is 0.0113. The summed E-state index contributed by atoms with van der Waals surface area (Å²) in [5, 5.41) is 0. The van der Waals surface area contributed by atoms with Gasteiger partial charge in [0.25, 0.3) is 5.91 Å². The van der Waals surface area contributed by atoms with Gasteiger partial charge in [-0.15, -0.1) is 0 Å². The topological polar surface area (TPSA) is 48.0 Å². The normalized spacial score (nSPS) is 16.9. The molecule has 0 bridgehead atoms. The predicted molar refractivity (Wildman–Crippen MR) is 133 cm³/mol. The van der Waals surface area contributed by atoms with Crippen LogP contribution in [0.2, 0.25) is 0 Å². The Morgan fingerprint density at radius 3 is 2.50 bits per heavy atom. The Labute approximate surface area is 201 Å². The molecule has 1 heterocycles. The van der Waals surface area contributed by atoms with Gasteiger partial charge in [-0.1, -0.05) is 73.7 Å². The molecule has 0 aliphatic carbocycles. The van der Waals surface area contributed by atoms with Crippen LogP contribution in [-0.4, -0.2) is 31.1 Å². The maximum absolute atomic E-state index is 13.5. The molecule has 0 saturated heterocycles. The summed E-state index contributed by atoms with van der Waals surface area (Å²) in [5.41, 5.74) is 3.54. The molecule has 1 aliphatic rings. The lowest BCUT2D eigenvalue weighted by molar-refractivity contribution is -0.117. The molecule has 3 aromatic rings. The van der Waals surface area contributed by atoms with Crippen LogP contribution in [-0.2, 0) is 17.1 Å². The number of nitrogens with zero attached hydrogens (tertiary/aromatic N) is 1. The van der Waals surface area contributed by atoms with Crippen molar-refractivity contribution < 1.29 is 19.0 Å². The molecular weight excluding hydrogens is 426 g/mol. The first-order valence-electron chi connectivity index (χ1n) is 11.6. The van der Waals surface area contributed by atoms with E-state index in [4.69, 9.17) is 14.2 Å². The molecule has 5 nitrogen and oxygen atoms in total. The second-order valence-corrected chi connectivity index (χ2v) is 8.39. The van der Waals surface area contributed by atoms with Gasteiger partial charge in [0.05, 0.1) is 13.7 Å². The molecule has 1 unspecified atom stereocenters. The van der Waals surface area contributed by atoms with E-state index < -0.39 is 5.72 Å². The maximum atomic E-state index is 13.5. The summed E-state index contributed by atoms with van der Waals surface area (Å²) < 4.78 is 18.0. The quantitative estimate of drug-likeness (QED) is 0.358. The number of fused-ring (bicyclic) bond motifs is 1. The molecule has 5 heteroatoms. The maximum Gasteiger partial charge on any atom is 0.257 e. The highest BCUT2D eigenvalue weighted by atomic mass is 16.5.